The van der Waals surface area contributed by atoms with Gasteiger partial charge in [-0.1, -0.05) is 6.92 Å². The van der Waals surface area contributed by atoms with E-state index in [0.29, 0.717) is 15.5 Å². The topological polar surface area (TPSA) is 41.3 Å². The van der Waals surface area contributed by atoms with Crippen LogP contribution in [0.2, 0.25) is 0 Å². The Morgan fingerprint density at radius 3 is 2.59 bits per heavy atom. The number of halogens is 3. The lowest BCUT2D eigenvalue weighted by atomic mass is 10.1. The van der Waals surface area contributed by atoms with E-state index in [4.69, 9.17) is 16.8 Å². The van der Waals surface area contributed by atoms with Crippen LogP contribution in [0, 0.1) is 0 Å². The van der Waals surface area contributed by atoms with Gasteiger partial charge < -0.3 is 9.67 Å². The predicted molar refractivity (Wildman–Crippen MR) is 94.6 cm³/mol. The average Bonchev–Trinajstić information content (AvgIpc) is 2.81. The zero-order chi connectivity index (χ0) is 15.9. The first-order valence-corrected chi connectivity index (χ1v) is 8.78. The number of hydrogen-bond acceptors (Lipinski definition) is 3. The summed E-state index contributed by atoms with van der Waals surface area (Å²) in [4.78, 5) is 4.69. The second kappa shape index (κ2) is 6.26. The summed E-state index contributed by atoms with van der Waals surface area (Å²) in [7, 11) is 0. The highest BCUT2D eigenvalue weighted by Gasteiger charge is 2.19. The number of hydrogen-bond donors (Lipinski definition) is 1. The molecule has 1 N–H and O–H groups in total. The largest absolute Gasteiger partial charge is 0.506 e. The summed E-state index contributed by atoms with van der Waals surface area (Å²) in [6, 6.07) is 3.86. The first-order valence-electron chi connectivity index (χ1n) is 6.86. The van der Waals surface area contributed by atoms with Crippen molar-refractivity contribution >= 4 is 49.8 Å². The number of phenolic OH excluding ortho intramolecular Hbond substituents is 1. The van der Waals surface area contributed by atoms with Crippen LogP contribution in [0.25, 0.3) is 6.20 Å². The third kappa shape index (κ3) is 2.92. The molecular formula is C15H14Br2ClN3O. The SMILES string of the molecule is CCc1nc2n(c1Cc1cc(Br)c(O)c(Br)c1)C=CN(Cl)C2. The molecule has 4 nitrogen and oxygen atoms in total. The van der Waals surface area contributed by atoms with E-state index < -0.39 is 0 Å². The van der Waals surface area contributed by atoms with Gasteiger partial charge in [-0.25, -0.2) is 4.98 Å². The van der Waals surface area contributed by atoms with Crippen molar-refractivity contribution in [3.63, 3.8) is 0 Å². The zero-order valence-corrected chi connectivity index (χ0v) is 15.8. The lowest BCUT2D eigenvalue weighted by Crippen LogP contribution is -2.14. The Hall–Kier alpha value is -0.980. The van der Waals surface area contributed by atoms with Crippen LogP contribution < -0.4 is 0 Å². The molecule has 1 aromatic carbocycles. The number of nitrogens with zero attached hydrogens (tertiary/aromatic N) is 3. The Morgan fingerprint density at radius 2 is 1.95 bits per heavy atom. The van der Waals surface area contributed by atoms with Gasteiger partial charge >= 0.3 is 0 Å². The predicted octanol–water partition coefficient (Wildman–Crippen LogP) is 4.66. The normalized spacial score (nSPS) is 13.5. The Bertz CT molecular complexity index is 734. The first kappa shape index (κ1) is 15.9. The highest BCUT2D eigenvalue weighted by atomic mass is 79.9. The van der Waals surface area contributed by atoms with Gasteiger partial charge in [-0.2, -0.15) is 0 Å². The molecule has 0 aliphatic carbocycles. The van der Waals surface area contributed by atoms with Crippen molar-refractivity contribution in [1.29, 1.82) is 0 Å². The molecule has 0 amide bonds. The molecule has 0 unspecified atom stereocenters. The number of phenols is 1. The number of imidazole rings is 1. The summed E-state index contributed by atoms with van der Waals surface area (Å²) in [5.74, 6) is 1.16. The van der Waals surface area contributed by atoms with Crippen LogP contribution in [0.4, 0.5) is 0 Å². The average molecular weight is 448 g/mol. The quantitative estimate of drug-likeness (QED) is 0.696. The van der Waals surface area contributed by atoms with Crippen LogP contribution in [-0.2, 0) is 19.4 Å². The van der Waals surface area contributed by atoms with E-state index in [1.54, 1.807) is 4.42 Å². The summed E-state index contributed by atoms with van der Waals surface area (Å²) < 4.78 is 5.05. The highest BCUT2D eigenvalue weighted by Crippen LogP contribution is 2.34. The second-order valence-corrected chi connectivity index (χ2v) is 7.23. The van der Waals surface area contributed by atoms with Crippen LogP contribution in [0.1, 0.15) is 29.7 Å². The molecule has 1 aromatic heterocycles. The van der Waals surface area contributed by atoms with Crippen molar-refractivity contribution < 1.29 is 5.11 Å². The fraction of sp³-hybridized carbons (Fsp3) is 0.267. The Morgan fingerprint density at radius 1 is 1.27 bits per heavy atom. The van der Waals surface area contributed by atoms with Crippen LogP contribution in [0.3, 0.4) is 0 Å². The Kier molecular flexibility index (Phi) is 4.52. The fourth-order valence-electron chi connectivity index (χ4n) is 2.57. The number of aromatic hydroxyl groups is 1. The Labute approximate surface area is 150 Å². The summed E-state index contributed by atoms with van der Waals surface area (Å²) in [5.41, 5.74) is 3.32. The molecule has 2 aromatic rings. The number of aromatic nitrogens is 2. The van der Waals surface area contributed by atoms with Crippen LogP contribution in [0.15, 0.2) is 27.3 Å². The summed E-state index contributed by atoms with van der Waals surface area (Å²) in [5, 5.41) is 9.84. The maximum atomic E-state index is 9.84. The van der Waals surface area contributed by atoms with Gasteiger partial charge in [-0.3, -0.25) is 4.42 Å². The standard InChI is InChI=1S/C15H14Br2ClN3O/c1-2-12-13(21-4-3-20(18)8-14(21)19-12)7-9-5-10(16)15(22)11(17)6-9/h3-6,22H,2,7-8H2,1H3. The Balaban J connectivity index is 2.02. The number of fused-ring (bicyclic) bond motifs is 1. The molecule has 0 saturated carbocycles. The van der Waals surface area contributed by atoms with Gasteiger partial charge in [0.1, 0.15) is 11.6 Å². The third-order valence-corrected chi connectivity index (χ3v) is 5.06. The minimum atomic E-state index is 0.215. The first-order chi connectivity index (χ1) is 10.5. The zero-order valence-electron chi connectivity index (χ0n) is 11.9. The van der Waals surface area contributed by atoms with Crippen LogP contribution in [0.5, 0.6) is 5.75 Å². The van der Waals surface area contributed by atoms with E-state index in [1.165, 1.54) is 0 Å². The smallest absolute Gasteiger partial charge is 0.143 e. The van der Waals surface area contributed by atoms with Crippen molar-refractivity contribution in [3.8, 4) is 5.75 Å². The molecule has 0 saturated heterocycles. The lowest BCUT2D eigenvalue weighted by Gasteiger charge is -2.17. The highest BCUT2D eigenvalue weighted by molar-refractivity contribution is 9.11. The summed E-state index contributed by atoms with van der Waals surface area (Å²) in [6.45, 7) is 2.69. The van der Waals surface area contributed by atoms with E-state index in [-0.39, 0.29) is 5.75 Å². The van der Waals surface area contributed by atoms with Gasteiger partial charge in [0.25, 0.3) is 0 Å². The number of benzene rings is 1. The second-order valence-electron chi connectivity index (χ2n) is 5.09. The van der Waals surface area contributed by atoms with Gasteiger partial charge in [-0.15, -0.1) is 0 Å². The van der Waals surface area contributed by atoms with Crippen LogP contribution >= 0.6 is 43.6 Å². The van der Waals surface area contributed by atoms with Gasteiger partial charge in [0, 0.05) is 36.3 Å². The van der Waals surface area contributed by atoms with E-state index in [0.717, 1.165) is 35.6 Å². The molecular weight excluding hydrogens is 433 g/mol. The lowest BCUT2D eigenvalue weighted by molar-refractivity contribution is 0.468. The summed E-state index contributed by atoms with van der Waals surface area (Å²) in [6.07, 6.45) is 5.38. The van der Waals surface area contributed by atoms with Crippen molar-refractivity contribution in [2.75, 3.05) is 0 Å². The molecule has 7 heteroatoms. The molecule has 116 valence electrons. The van der Waals surface area contributed by atoms with E-state index in [9.17, 15) is 5.11 Å². The fourth-order valence-corrected chi connectivity index (χ4v) is 4.01. The van der Waals surface area contributed by atoms with Crippen LogP contribution in [-0.4, -0.2) is 19.1 Å². The van der Waals surface area contributed by atoms with Crippen molar-refractivity contribution in [3.05, 3.63) is 50.1 Å². The molecule has 1 aliphatic rings. The van der Waals surface area contributed by atoms with Crippen molar-refractivity contribution in [1.82, 2.24) is 14.0 Å². The molecule has 0 fully saturated rings. The maximum absolute atomic E-state index is 9.84. The monoisotopic (exact) mass is 445 g/mol. The van der Waals surface area contributed by atoms with Crippen molar-refractivity contribution in [2.45, 2.75) is 26.3 Å². The van der Waals surface area contributed by atoms with Gasteiger partial charge in [0.15, 0.2) is 0 Å². The maximum Gasteiger partial charge on any atom is 0.143 e. The molecule has 0 atom stereocenters. The molecule has 22 heavy (non-hydrogen) atoms. The minimum absolute atomic E-state index is 0.215. The molecule has 1 aliphatic heterocycles. The van der Waals surface area contributed by atoms with E-state index in [2.05, 4.69) is 43.4 Å². The minimum Gasteiger partial charge on any atom is -0.506 e. The number of aryl methyl sites for hydroxylation is 1. The molecule has 3 rings (SSSR count). The molecule has 0 bridgehead atoms. The third-order valence-electron chi connectivity index (χ3n) is 3.62. The van der Waals surface area contributed by atoms with Gasteiger partial charge in [-0.05, 0) is 56.0 Å². The molecule has 0 radical (unpaired) electrons. The summed E-state index contributed by atoms with van der Waals surface area (Å²) >= 11 is 12.8. The number of rotatable bonds is 3. The van der Waals surface area contributed by atoms with Gasteiger partial charge in [0.05, 0.1) is 21.2 Å². The van der Waals surface area contributed by atoms with E-state index >= 15 is 0 Å². The molecule has 0 spiro atoms. The van der Waals surface area contributed by atoms with E-state index in [1.807, 2.05) is 24.5 Å². The van der Waals surface area contributed by atoms with Gasteiger partial charge in [0.2, 0.25) is 0 Å². The molecule has 2 heterocycles. The van der Waals surface area contributed by atoms with Crippen molar-refractivity contribution in [2.24, 2.45) is 0 Å².